The molecule has 4 rings (SSSR count). The maximum Gasteiger partial charge on any atom is 0.435 e. The molecule has 6 nitrogen and oxygen atoms in total. The number of hydrogen-bond donors (Lipinski definition) is 0. The molecule has 1 fully saturated rings. The van der Waals surface area contributed by atoms with Crippen LogP contribution < -0.4 is 0 Å². The van der Waals surface area contributed by atoms with E-state index in [9.17, 15) is 49.1 Å². The number of amides is 2. The number of rotatable bonds is 5. The van der Waals surface area contributed by atoms with Crippen molar-refractivity contribution < 1.29 is 53.9 Å². The van der Waals surface area contributed by atoms with E-state index in [1.54, 1.807) is 0 Å². The molecule has 0 aromatic heterocycles. The molecule has 0 radical (unpaired) electrons. The highest BCUT2D eigenvalue weighted by molar-refractivity contribution is 6.30. The van der Waals surface area contributed by atoms with Crippen LogP contribution in [0, 0.1) is 6.92 Å². The Balaban J connectivity index is 1.56. The lowest BCUT2D eigenvalue weighted by Crippen LogP contribution is -2.43. The number of oxime groups is 1. The second-order valence-electron chi connectivity index (χ2n) is 9.55. The minimum absolute atomic E-state index is 0.0329. The van der Waals surface area contributed by atoms with E-state index in [0.29, 0.717) is 18.2 Å². The van der Waals surface area contributed by atoms with Crippen LogP contribution in [0.1, 0.15) is 45.5 Å². The Morgan fingerprint density at radius 1 is 1.05 bits per heavy atom. The first kappa shape index (κ1) is 30.5. The van der Waals surface area contributed by atoms with Gasteiger partial charge in [0.25, 0.3) is 11.5 Å². The van der Waals surface area contributed by atoms with Crippen molar-refractivity contribution in [3.63, 3.8) is 0 Å². The van der Waals surface area contributed by atoms with Crippen molar-refractivity contribution in [2.24, 2.45) is 5.16 Å². The minimum Gasteiger partial charge on any atom is -0.374 e. The summed E-state index contributed by atoms with van der Waals surface area (Å²) in [7, 11) is 0. The van der Waals surface area contributed by atoms with E-state index in [1.807, 2.05) is 0 Å². The molecule has 16 heteroatoms. The summed E-state index contributed by atoms with van der Waals surface area (Å²) in [4.78, 5) is 31.8. The van der Waals surface area contributed by atoms with Crippen molar-refractivity contribution in [2.45, 2.75) is 43.9 Å². The van der Waals surface area contributed by atoms with Crippen molar-refractivity contribution in [3.8, 4) is 0 Å². The first-order valence-electron chi connectivity index (χ1n) is 11.8. The third kappa shape index (κ3) is 6.23. The standard InChI is InChI=1S/C25H19ClF9N3O3/c1-13-6-14(2-3-18(13)21(40)38-11-20(39)37(12-38)5-4-23(27,28)29)19-10-22(41-36-19,25(33,34)35)15-7-16(24(30,31)32)9-17(26)8-15/h2-3,6-9H,4-5,10-12H2,1H3. The summed E-state index contributed by atoms with van der Waals surface area (Å²) in [6.07, 6.45) is -16.9. The van der Waals surface area contributed by atoms with Crippen LogP contribution in [0.5, 0.6) is 0 Å². The van der Waals surface area contributed by atoms with Crippen LogP contribution in [-0.2, 0) is 21.4 Å². The smallest absolute Gasteiger partial charge is 0.374 e. The highest BCUT2D eigenvalue weighted by atomic mass is 35.5. The first-order chi connectivity index (χ1) is 18.8. The Morgan fingerprint density at radius 3 is 2.32 bits per heavy atom. The second-order valence-corrected chi connectivity index (χ2v) is 9.99. The maximum absolute atomic E-state index is 14.3. The van der Waals surface area contributed by atoms with E-state index in [1.165, 1.54) is 25.1 Å². The molecule has 2 aliphatic heterocycles. The van der Waals surface area contributed by atoms with Gasteiger partial charge in [-0.2, -0.15) is 39.5 Å². The molecule has 41 heavy (non-hydrogen) atoms. The molecule has 1 unspecified atom stereocenters. The molecule has 2 aromatic carbocycles. The number of aryl methyl sites for hydroxylation is 1. The van der Waals surface area contributed by atoms with Gasteiger partial charge < -0.3 is 14.6 Å². The van der Waals surface area contributed by atoms with Crippen LogP contribution in [0.4, 0.5) is 39.5 Å². The number of hydrogen-bond acceptors (Lipinski definition) is 4. The van der Waals surface area contributed by atoms with Gasteiger partial charge in [-0.3, -0.25) is 9.59 Å². The number of nitrogens with zero attached hydrogens (tertiary/aromatic N) is 3. The van der Waals surface area contributed by atoms with E-state index in [0.717, 1.165) is 9.80 Å². The lowest BCUT2D eigenvalue weighted by atomic mass is 9.85. The van der Waals surface area contributed by atoms with Gasteiger partial charge in [-0.05, 0) is 48.4 Å². The average molecular weight is 616 g/mol. The highest BCUT2D eigenvalue weighted by Crippen LogP contribution is 2.50. The van der Waals surface area contributed by atoms with E-state index in [4.69, 9.17) is 16.4 Å². The number of carbonyl (C=O) groups excluding carboxylic acids is 2. The van der Waals surface area contributed by atoms with Gasteiger partial charge in [0.2, 0.25) is 5.91 Å². The van der Waals surface area contributed by atoms with Gasteiger partial charge in [0.05, 0.1) is 24.4 Å². The van der Waals surface area contributed by atoms with Crippen LogP contribution in [0.25, 0.3) is 0 Å². The fourth-order valence-corrected chi connectivity index (χ4v) is 4.72. The molecule has 1 atom stereocenters. The van der Waals surface area contributed by atoms with E-state index in [-0.39, 0.29) is 29.1 Å². The van der Waals surface area contributed by atoms with Gasteiger partial charge in [-0.1, -0.05) is 22.8 Å². The molecule has 1 saturated heterocycles. The molecule has 222 valence electrons. The summed E-state index contributed by atoms with van der Waals surface area (Å²) < 4.78 is 120. The van der Waals surface area contributed by atoms with E-state index in [2.05, 4.69) is 5.16 Å². The summed E-state index contributed by atoms with van der Waals surface area (Å²) in [5.41, 5.74) is -5.50. The second kappa shape index (κ2) is 10.4. The normalized spacial score (nSPS) is 20.0. The fourth-order valence-electron chi connectivity index (χ4n) is 4.49. The number of halogens is 10. The largest absolute Gasteiger partial charge is 0.435 e. The maximum atomic E-state index is 14.3. The summed E-state index contributed by atoms with van der Waals surface area (Å²) >= 11 is 5.71. The summed E-state index contributed by atoms with van der Waals surface area (Å²) in [6, 6.07) is 5.28. The zero-order valence-corrected chi connectivity index (χ0v) is 21.6. The molecule has 2 aromatic rings. The van der Waals surface area contributed by atoms with Crippen molar-refractivity contribution in [2.75, 3.05) is 19.8 Å². The van der Waals surface area contributed by atoms with Crippen LogP contribution in [0.3, 0.4) is 0 Å². The number of benzene rings is 2. The molecule has 0 aliphatic carbocycles. The predicted octanol–water partition coefficient (Wildman–Crippen LogP) is 6.44. The SMILES string of the molecule is Cc1cc(C2=NOC(c3cc(Cl)cc(C(F)(F)F)c3)(C(F)(F)F)C2)ccc1C(=O)N1CC(=O)N(CCC(F)(F)F)C1. The molecule has 0 N–H and O–H groups in total. The van der Waals surface area contributed by atoms with Crippen LogP contribution in [0.2, 0.25) is 5.02 Å². The first-order valence-corrected chi connectivity index (χ1v) is 12.1. The highest BCUT2D eigenvalue weighted by Gasteiger charge is 2.62. The van der Waals surface area contributed by atoms with Crippen molar-refractivity contribution in [1.82, 2.24) is 9.80 Å². The lowest BCUT2D eigenvalue weighted by molar-refractivity contribution is -0.276. The molecular weight excluding hydrogens is 597 g/mol. The summed E-state index contributed by atoms with van der Waals surface area (Å²) in [5, 5.41) is 2.92. The Morgan fingerprint density at radius 2 is 1.73 bits per heavy atom. The Bertz CT molecular complexity index is 1410. The zero-order chi connectivity index (χ0) is 30.5. The lowest BCUT2D eigenvalue weighted by Gasteiger charge is -2.30. The molecule has 0 bridgehead atoms. The van der Waals surface area contributed by atoms with Crippen LogP contribution in [-0.4, -0.2) is 59.4 Å². The van der Waals surface area contributed by atoms with Gasteiger partial charge in [0.1, 0.15) is 6.54 Å². The molecule has 2 amide bonds. The molecule has 0 saturated carbocycles. The van der Waals surface area contributed by atoms with Crippen molar-refractivity contribution in [3.05, 3.63) is 69.2 Å². The fraction of sp³-hybridized carbons (Fsp3) is 0.400. The third-order valence-electron chi connectivity index (χ3n) is 6.64. The van der Waals surface area contributed by atoms with Gasteiger partial charge in [-0.15, -0.1) is 0 Å². The Labute approximate surface area is 231 Å². The number of alkyl halides is 9. The zero-order valence-electron chi connectivity index (χ0n) is 20.8. The predicted molar refractivity (Wildman–Crippen MR) is 126 cm³/mol. The third-order valence-corrected chi connectivity index (χ3v) is 6.86. The van der Waals surface area contributed by atoms with Crippen LogP contribution in [0.15, 0.2) is 41.6 Å². The molecule has 2 heterocycles. The summed E-state index contributed by atoms with van der Waals surface area (Å²) in [5.74, 6) is -1.36. The Kier molecular flexibility index (Phi) is 7.73. The van der Waals surface area contributed by atoms with Crippen LogP contribution >= 0.6 is 11.6 Å². The Hall–Kier alpha value is -3.49. The van der Waals surface area contributed by atoms with Crippen molar-refractivity contribution in [1.29, 1.82) is 0 Å². The quantitative estimate of drug-likeness (QED) is 0.364. The minimum atomic E-state index is -5.21. The number of carbonyl (C=O) groups is 2. The van der Waals surface area contributed by atoms with Gasteiger partial charge >= 0.3 is 18.5 Å². The summed E-state index contributed by atoms with van der Waals surface area (Å²) in [6.45, 7) is -0.00682. The van der Waals surface area contributed by atoms with Crippen molar-refractivity contribution >= 4 is 29.1 Å². The molecular formula is C25H19ClF9N3O3. The molecule has 2 aliphatic rings. The van der Waals surface area contributed by atoms with E-state index < -0.39 is 78.0 Å². The van der Waals surface area contributed by atoms with Gasteiger partial charge in [-0.25, -0.2) is 0 Å². The van der Waals surface area contributed by atoms with Gasteiger partial charge in [0, 0.05) is 29.1 Å². The average Bonchev–Trinajstić information content (AvgIpc) is 3.46. The van der Waals surface area contributed by atoms with Gasteiger partial charge in [0.15, 0.2) is 0 Å². The monoisotopic (exact) mass is 615 g/mol. The molecule has 0 spiro atoms. The van der Waals surface area contributed by atoms with E-state index >= 15 is 0 Å². The topological polar surface area (TPSA) is 62.2 Å².